The molecule has 0 amide bonds. The molecule has 0 heterocycles. The summed E-state index contributed by atoms with van der Waals surface area (Å²) in [4.78, 5) is 2.63. The third kappa shape index (κ3) is 4.69. The summed E-state index contributed by atoms with van der Waals surface area (Å²) in [7, 11) is 3.40. The van der Waals surface area contributed by atoms with E-state index in [-0.39, 0.29) is 11.8 Å². The van der Waals surface area contributed by atoms with Crippen LogP contribution < -0.4 is 5.73 Å². The van der Waals surface area contributed by atoms with Crippen molar-refractivity contribution in [2.75, 3.05) is 27.3 Å². The van der Waals surface area contributed by atoms with Crippen molar-refractivity contribution in [1.82, 2.24) is 4.90 Å². The fourth-order valence-electron chi connectivity index (χ4n) is 3.36. The largest absolute Gasteiger partial charge is 0.356 e. The normalized spacial score (nSPS) is 20.2. The average Bonchev–Trinajstić information content (AvgIpc) is 2.95. The Morgan fingerprint density at radius 2 is 1.75 bits per heavy atom. The second-order valence-electron chi connectivity index (χ2n) is 6.79. The lowest BCUT2D eigenvalue weighted by molar-refractivity contribution is -0.132. The Balaban J connectivity index is 2.86. The van der Waals surface area contributed by atoms with Gasteiger partial charge in [-0.1, -0.05) is 26.7 Å². The van der Waals surface area contributed by atoms with Gasteiger partial charge in [-0.15, -0.1) is 0 Å². The third-order valence-corrected chi connectivity index (χ3v) is 4.59. The second-order valence-corrected chi connectivity index (χ2v) is 6.79. The van der Waals surface area contributed by atoms with Crippen molar-refractivity contribution in [3.8, 4) is 0 Å². The molecule has 0 spiro atoms. The predicted octanol–water partition coefficient (Wildman–Crippen LogP) is 2.61. The molecule has 1 aliphatic rings. The summed E-state index contributed by atoms with van der Waals surface area (Å²) in [5, 5.41) is 0. The van der Waals surface area contributed by atoms with Crippen LogP contribution in [-0.2, 0) is 9.47 Å². The fraction of sp³-hybridized carbons (Fsp3) is 1.00. The van der Waals surface area contributed by atoms with Crippen LogP contribution in [0, 0.1) is 5.92 Å². The molecule has 0 radical (unpaired) electrons. The highest BCUT2D eigenvalue weighted by Gasteiger charge is 2.38. The Labute approximate surface area is 125 Å². The average molecular weight is 286 g/mol. The zero-order chi connectivity index (χ0) is 15.2. The zero-order valence-corrected chi connectivity index (χ0v) is 14.0. The summed E-state index contributed by atoms with van der Waals surface area (Å²) in [5.41, 5.74) is 6.10. The maximum absolute atomic E-state index is 6.16. The van der Waals surface area contributed by atoms with Crippen molar-refractivity contribution in [1.29, 1.82) is 0 Å². The van der Waals surface area contributed by atoms with Gasteiger partial charge in [-0.25, -0.2) is 0 Å². The number of hydrogen-bond acceptors (Lipinski definition) is 4. The lowest BCUT2D eigenvalue weighted by atomic mass is 9.91. The molecule has 0 saturated heterocycles. The van der Waals surface area contributed by atoms with E-state index in [4.69, 9.17) is 15.2 Å². The van der Waals surface area contributed by atoms with E-state index in [2.05, 4.69) is 25.7 Å². The summed E-state index contributed by atoms with van der Waals surface area (Å²) < 4.78 is 10.8. The molecular formula is C16H34N2O2. The van der Waals surface area contributed by atoms with E-state index >= 15 is 0 Å². The molecular weight excluding hydrogens is 252 g/mol. The molecule has 1 rings (SSSR count). The monoisotopic (exact) mass is 286 g/mol. The Kier molecular flexibility index (Phi) is 7.45. The topological polar surface area (TPSA) is 47.7 Å². The van der Waals surface area contributed by atoms with Gasteiger partial charge in [0, 0.05) is 45.3 Å². The molecule has 2 N–H and O–H groups in total. The standard InChI is InChI=1S/C16H34N2O2/c1-13(2)11-18(14-8-6-7-9-14)16(3,12-17)10-15(19-4)20-5/h13-15H,6-12,17H2,1-5H3. The lowest BCUT2D eigenvalue weighted by Gasteiger charge is -2.46. The molecule has 1 unspecified atom stereocenters. The predicted molar refractivity (Wildman–Crippen MR) is 83.7 cm³/mol. The van der Waals surface area contributed by atoms with Crippen molar-refractivity contribution < 1.29 is 9.47 Å². The van der Waals surface area contributed by atoms with Crippen LogP contribution in [0.3, 0.4) is 0 Å². The van der Waals surface area contributed by atoms with Gasteiger partial charge in [-0.3, -0.25) is 4.90 Å². The molecule has 120 valence electrons. The summed E-state index contributed by atoms with van der Waals surface area (Å²) in [6, 6.07) is 0.667. The molecule has 4 nitrogen and oxygen atoms in total. The number of nitrogens with zero attached hydrogens (tertiary/aromatic N) is 1. The molecule has 1 atom stereocenters. The molecule has 0 aromatic heterocycles. The van der Waals surface area contributed by atoms with Crippen molar-refractivity contribution in [3.63, 3.8) is 0 Å². The van der Waals surface area contributed by atoms with Gasteiger partial charge < -0.3 is 15.2 Å². The van der Waals surface area contributed by atoms with E-state index in [1.807, 2.05) is 0 Å². The SMILES string of the molecule is COC(CC(C)(CN)N(CC(C)C)C1CCCC1)OC. The van der Waals surface area contributed by atoms with E-state index in [1.54, 1.807) is 14.2 Å². The summed E-state index contributed by atoms with van der Waals surface area (Å²) in [6.45, 7) is 8.56. The first-order valence-electron chi connectivity index (χ1n) is 7.99. The number of nitrogens with two attached hydrogens (primary N) is 1. The molecule has 4 heteroatoms. The molecule has 1 saturated carbocycles. The third-order valence-electron chi connectivity index (χ3n) is 4.59. The second kappa shape index (κ2) is 8.32. The Bertz CT molecular complexity index is 263. The van der Waals surface area contributed by atoms with Gasteiger partial charge in [0.25, 0.3) is 0 Å². The van der Waals surface area contributed by atoms with E-state index in [9.17, 15) is 0 Å². The van der Waals surface area contributed by atoms with Crippen LogP contribution in [0.25, 0.3) is 0 Å². The zero-order valence-electron chi connectivity index (χ0n) is 14.0. The minimum Gasteiger partial charge on any atom is -0.356 e. The first kappa shape index (κ1) is 17.9. The Morgan fingerprint density at radius 3 is 2.15 bits per heavy atom. The summed E-state index contributed by atoms with van der Waals surface area (Å²) >= 11 is 0. The first-order chi connectivity index (χ1) is 9.46. The first-order valence-corrected chi connectivity index (χ1v) is 7.99. The van der Waals surface area contributed by atoms with Gasteiger partial charge in [0.2, 0.25) is 0 Å². The lowest BCUT2D eigenvalue weighted by Crippen LogP contribution is -2.58. The quantitative estimate of drug-likeness (QED) is 0.662. The Hall–Kier alpha value is -0.160. The van der Waals surface area contributed by atoms with Crippen molar-refractivity contribution in [2.24, 2.45) is 11.7 Å². The molecule has 1 fully saturated rings. The number of hydrogen-bond donors (Lipinski definition) is 1. The van der Waals surface area contributed by atoms with Gasteiger partial charge in [0.15, 0.2) is 6.29 Å². The van der Waals surface area contributed by atoms with Gasteiger partial charge in [-0.05, 0) is 25.7 Å². The van der Waals surface area contributed by atoms with Gasteiger partial charge in [0.1, 0.15) is 0 Å². The van der Waals surface area contributed by atoms with Crippen LogP contribution in [0.1, 0.15) is 52.9 Å². The highest BCUT2D eigenvalue weighted by Crippen LogP contribution is 2.32. The minimum absolute atomic E-state index is 0.0596. The van der Waals surface area contributed by atoms with Crippen LogP contribution in [0.2, 0.25) is 0 Å². The van der Waals surface area contributed by atoms with E-state index in [0.29, 0.717) is 18.5 Å². The molecule has 0 aliphatic heterocycles. The van der Waals surface area contributed by atoms with Gasteiger partial charge in [-0.2, -0.15) is 0 Å². The summed E-state index contributed by atoms with van der Waals surface area (Å²) in [6.07, 6.45) is 5.93. The van der Waals surface area contributed by atoms with Crippen LogP contribution >= 0.6 is 0 Å². The van der Waals surface area contributed by atoms with E-state index < -0.39 is 0 Å². The molecule has 0 aromatic rings. The fourth-order valence-corrected chi connectivity index (χ4v) is 3.36. The number of methoxy groups -OCH3 is 2. The van der Waals surface area contributed by atoms with Gasteiger partial charge >= 0.3 is 0 Å². The number of rotatable bonds is 9. The molecule has 0 bridgehead atoms. The maximum atomic E-state index is 6.16. The van der Waals surface area contributed by atoms with Crippen molar-refractivity contribution in [3.05, 3.63) is 0 Å². The van der Waals surface area contributed by atoms with Gasteiger partial charge in [0.05, 0.1) is 0 Å². The molecule has 0 aromatic carbocycles. The minimum atomic E-state index is -0.181. The maximum Gasteiger partial charge on any atom is 0.158 e. The highest BCUT2D eigenvalue weighted by atomic mass is 16.7. The highest BCUT2D eigenvalue weighted by molar-refractivity contribution is 4.94. The van der Waals surface area contributed by atoms with Crippen LogP contribution in [0.4, 0.5) is 0 Å². The summed E-state index contributed by atoms with van der Waals surface area (Å²) in [5.74, 6) is 0.644. The smallest absolute Gasteiger partial charge is 0.158 e. The Morgan fingerprint density at radius 1 is 1.20 bits per heavy atom. The van der Waals surface area contributed by atoms with Crippen molar-refractivity contribution >= 4 is 0 Å². The van der Waals surface area contributed by atoms with Crippen LogP contribution in [0.15, 0.2) is 0 Å². The van der Waals surface area contributed by atoms with E-state index in [0.717, 1.165) is 13.0 Å². The van der Waals surface area contributed by atoms with Crippen LogP contribution in [-0.4, -0.2) is 50.1 Å². The molecule has 20 heavy (non-hydrogen) atoms. The van der Waals surface area contributed by atoms with E-state index in [1.165, 1.54) is 25.7 Å². The van der Waals surface area contributed by atoms with Crippen LogP contribution in [0.5, 0.6) is 0 Å². The van der Waals surface area contributed by atoms with Crippen molar-refractivity contribution in [2.45, 2.75) is 70.7 Å². The molecule has 1 aliphatic carbocycles. The number of ether oxygens (including phenoxy) is 2.